The van der Waals surface area contributed by atoms with Crippen LogP contribution in [0.1, 0.15) is 17.0 Å². The predicted molar refractivity (Wildman–Crippen MR) is 84.6 cm³/mol. The van der Waals surface area contributed by atoms with Crippen LogP contribution in [-0.4, -0.2) is 23.2 Å². The first-order chi connectivity index (χ1) is 11.2. The van der Waals surface area contributed by atoms with Gasteiger partial charge in [0.15, 0.2) is 11.5 Å². The Balaban J connectivity index is 1.83. The molecule has 0 radical (unpaired) electrons. The molecule has 1 atom stereocenters. The van der Waals surface area contributed by atoms with E-state index in [9.17, 15) is 10.1 Å². The van der Waals surface area contributed by atoms with Gasteiger partial charge in [0, 0.05) is 22.0 Å². The third kappa shape index (κ3) is 2.38. The third-order valence-electron chi connectivity index (χ3n) is 4.13. The van der Waals surface area contributed by atoms with Crippen LogP contribution in [0.2, 0.25) is 0 Å². The van der Waals surface area contributed by atoms with Gasteiger partial charge in [0.1, 0.15) is 0 Å². The number of nitro groups is 1. The molecule has 116 valence electrons. The highest BCUT2D eigenvalue weighted by molar-refractivity contribution is 5.84. The van der Waals surface area contributed by atoms with Crippen molar-refractivity contribution in [2.75, 3.05) is 13.3 Å². The van der Waals surface area contributed by atoms with Crippen LogP contribution in [0.4, 0.5) is 0 Å². The van der Waals surface area contributed by atoms with Crippen molar-refractivity contribution < 1.29 is 14.4 Å². The molecule has 6 nitrogen and oxygen atoms in total. The molecule has 0 unspecified atom stereocenters. The van der Waals surface area contributed by atoms with Gasteiger partial charge in [-0.3, -0.25) is 10.1 Å². The molecule has 0 spiro atoms. The van der Waals surface area contributed by atoms with Crippen LogP contribution < -0.4 is 9.47 Å². The number of hydrogen-bond acceptors (Lipinski definition) is 4. The Morgan fingerprint density at radius 2 is 2.00 bits per heavy atom. The minimum absolute atomic E-state index is 0.179. The van der Waals surface area contributed by atoms with E-state index in [-0.39, 0.29) is 24.2 Å². The summed E-state index contributed by atoms with van der Waals surface area (Å²) in [5.41, 5.74) is 2.73. The van der Waals surface area contributed by atoms with Gasteiger partial charge in [0.05, 0.1) is 5.92 Å². The normalized spacial score (nSPS) is 14.1. The fourth-order valence-electron chi connectivity index (χ4n) is 3.04. The summed E-state index contributed by atoms with van der Waals surface area (Å²) in [5.74, 6) is 0.957. The monoisotopic (exact) mass is 310 g/mol. The third-order valence-corrected chi connectivity index (χ3v) is 4.13. The minimum Gasteiger partial charge on any atom is -0.454 e. The fourth-order valence-corrected chi connectivity index (χ4v) is 3.04. The summed E-state index contributed by atoms with van der Waals surface area (Å²) in [7, 11) is 0. The highest BCUT2D eigenvalue weighted by atomic mass is 16.7. The summed E-state index contributed by atoms with van der Waals surface area (Å²) >= 11 is 0. The van der Waals surface area contributed by atoms with Crippen LogP contribution in [0.5, 0.6) is 11.5 Å². The fraction of sp³-hybridized carbons (Fsp3) is 0.176. The van der Waals surface area contributed by atoms with Gasteiger partial charge in [-0.2, -0.15) is 0 Å². The van der Waals surface area contributed by atoms with Crippen molar-refractivity contribution in [3.8, 4) is 11.5 Å². The second-order valence-corrected chi connectivity index (χ2v) is 5.47. The van der Waals surface area contributed by atoms with Crippen LogP contribution in [-0.2, 0) is 0 Å². The first-order valence-electron chi connectivity index (χ1n) is 7.30. The van der Waals surface area contributed by atoms with Crippen molar-refractivity contribution in [1.29, 1.82) is 0 Å². The molecule has 0 saturated carbocycles. The van der Waals surface area contributed by atoms with E-state index in [2.05, 4.69) is 4.98 Å². The van der Waals surface area contributed by atoms with E-state index < -0.39 is 0 Å². The summed E-state index contributed by atoms with van der Waals surface area (Å²) in [6.45, 7) is 0.00721. The molecule has 2 heterocycles. The summed E-state index contributed by atoms with van der Waals surface area (Å²) in [5, 5.41) is 12.2. The summed E-state index contributed by atoms with van der Waals surface area (Å²) in [6, 6.07) is 13.3. The first kappa shape index (κ1) is 13.6. The lowest BCUT2D eigenvalue weighted by Crippen LogP contribution is -2.13. The minimum atomic E-state index is -0.351. The smallest absolute Gasteiger partial charge is 0.231 e. The van der Waals surface area contributed by atoms with Gasteiger partial charge < -0.3 is 14.5 Å². The molecule has 1 aliphatic heterocycles. The number of benzene rings is 2. The van der Waals surface area contributed by atoms with Gasteiger partial charge in [0.2, 0.25) is 13.3 Å². The quantitative estimate of drug-likeness (QED) is 0.592. The van der Waals surface area contributed by atoms with Crippen molar-refractivity contribution in [2.45, 2.75) is 5.92 Å². The molecule has 0 saturated heterocycles. The number of nitrogens with one attached hydrogen (secondary N) is 1. The molecule has 1 aromatic heterocycles. The Kier molecular flexibility index (Phi) is 3.15. The second kappa shape index (κ2) is 5.31. The highest BCUT2D eigenvalue weighted by Crippen LogP contribution is 2.38. The van der Waals surface area contributed by atoms with Gasteiger partial charge in [-0.05, 0) is 29.3 Å². The topological polar surface area (TPSA) is 77.4 Å². The van der Waals surface area contributed by atoms with Crippen LogP contribution in [0, 0.1) is 10.1 Å². The molecule has 0 amide bonds. The second-order valence-electron chi connectivity index (χ2n) is 5.47. The lowest BCUT2D eigenvalue weighted by Gasteiger charge is -2.13. The van der Waals surface area contributed by atoms with Gasteiger partial charge in [-0.15, -0.1) is 0 Å². The molecule has 6 heteroatoms. The average molecular weight is 310 g/mol. The predicted octanol–water partition coefficient (Wildman–Crippen LogP) is 3.31. The van der Waals surface area contributed by atoms with Gasteiger partial charge in [-0.25, -0.2) is 0 Å². The van der Waals surface area contributed by atoms with Crippen molar-refractivity contribution in [1.82, 2.24) is 4.98 Å². The lowest BCUT2D eigenvalue weighted by molar-refractivity contribution is -0.481. The van der Waals surface area contributed by atoms with Crippen LogP contribution in [0.3, 0.4) is 0 Å². The number of aromatic amines is 1. The van der Waals surface area contributed by atoms with Crippen LogP contribution >= 0.6 is 0 Å². The Hall–Kier alpha value is -3.02. The van der Waals surface area contributed by atoms with Crippen molar-refractivity contribution >= 4 is 10.9 Å². The van der Waals surface area contributed by atoms with Gasteiger partial charge >= 0.3 is 0 Å². The molecule has 1 N–H and O–H groups in total. The standard InChI is InChI=1S/C17H14N2O4/c20-19(21)9-14(11-5-6-16-17(7-11)23-10-22-16)13-8-18-15-4-2-1-3-12(13)15/h1-8,14,18H,9-10H2/t14-/m1/s1. The highest BCUT2D eigenvalue weighted by Gasteiger charge is 2.25. The first-order valence-corrected chi connectivity index (χ1v) is 7.30. The van der Waals surface area contributed by atoms with E-state index in [0.29, 0.717) is 11.5 Å². The molecule has 0 fully saturated rings. The van der Waals surface area contributed by atoms with Gasteiger partial charge in [-0.1, -0.05) is 24.3 Å². The number of fused-ring (bicyclic) bond motifs is 2. The van der Waals surface area contributed by atoms with Crippen molar-refractivity contribution in [3.05, 3.63) is 69.9 Å². The summed E-state index contributed by atoms with van der Waals surface area (Å²) in [6.07, 6.45) is 1.85. The Morgan fingerprint density at radius 3 is 2.87 bits per heavy atom. The Morgan fingerprint density at radius 1 is 1.17 bits per heavy atom. The molecule has 23 heavy (non-hydrogen) atoms. The number of hydrogen-bond donors (Lipinski definition) is 1. The molecule has 1 aliphatic rings. The summed E-state index contributed by atoms with van der Waals surface area (Å²) in [4.78, 5) is 14.1. The largest absolute Gasteiger partial charge is 0.454 e. The zero-order valence-corrected chi connectivity index (χ0v) is 12.2. The van der Waals surface area contributed by atoms with Crippen molar-refractivity contribution in [3.63, 3.8) is 0 Å². The number of para-hydroxylation sites is 1. The van der Waals surface area contributed by atoms with Gasteiger partial charge in [0.25, 0.3) is 0 Å². The SMILES string of the molecule is O=[N+]([O-])C[C@H](c1ccc2c(c1)OCO2)c1c[nH]c2ccccc12. The maximum absolute atomic E-state index is 11.2. The van der Waals surface area contributed by atoms with E-state index in [4.69, 9.17) is 9.47 Å². The number of nitrogens with zero attached hydrogens (tertiary/aromatic N) is 1. The maximum Gasteiger partial charge on any atom is 0.231 e. The van der Waals surface area contributed by atoms with E-state index in [1.165, 1.54) is 0 Å². The number of rotatable bonds is 4. The van der Waals surface area contributed by atoms with Crippen molar-refractivity contribution in [2.24, 2.45) is 0 Å². The zero-order valence-electron chi connectivity index (χ0n) is 12.2. The maximum atomic E-state index is 11.2. The Labute approximate surface area is 131 Å². The molecule has 2 aromatic carbocycles. The molecular formula is C17H14N2O4. The van der Waals surface area contributed by atoms with Crippen LogP contribution in [0.25, 0.3) is 10.9 Å². The molecule has 4 rings (SSSR count). The molecule has 0 aliphatic carbocycles. The van der Waals surface area contributed by atoms with E-state index in [1.807, 2.05) is 42.6 Å². The molecule has 3 aromatic rings. The molecule has 0 bridgehead atoms. The van der Waals surface area contributed by atoms with E-state index in [1.54, 1.807) is 6.07 Å². The van der Waals surface area contributed by atoms with Crippen LogP contribution in [0.15, 0.2) is 48.7 Å². The van der Waals surface area contributed by atoms with E-state index in [0.717, 1.165) is 22.0 Å². The number of aromatic nitrogens is 1. The molecular weight excluding hydrogens is 296 g/mol. The lowest BCUT2D eigenvalue weighted by atomic mass is 9.91. The Bertz CT molecular complexity index is 887. The van der Waals surface area contributed by atoms with E-state index >= 15 is 0 Å². The number of ether oxygens (including phenoxy) is 2. The average Bonchev–Trinajstić information content (AvgIpc) is 3.18. The summed E-state index contributed by atoms with van der Waals surface area (Å²) < 4.78 is 10.7. The number of H-pyrrole nitrogens is 1. The zero-order chi connectivity index (χ0) is 15.8.